The summed E-state index contributed by atoms with van der Waals surface area (Å²) in [4.78, 5) is 0. The van der Waals surface area contributed by atoms with E-state index in [1.165, 1.54) is 24.2 Å². The second-order valence-corrected chi connectivity index (χ2v) is 6.24. The first-order valence-electron chi connectivity index (χ1n) is 7.06. The molecule has 0 fully saturated rings. The van der Waals surface area contributed by atoms with E-state index in [0.29, 0.717) is 11.3 Å². The molecule has 0 bridgehead atoms. The maximum Gasteiger partial charge on any atom is 0.0438 e. The van der Waals surface area contributed by atoms with Crippen LogP contribution in [0.15, 0.2) is 30.3 Å². The van der Waals surface area contributed by atoms with Gasteiger partial charge in [0.15, 0.2) is 0 Å². The Hall–Kier alpha value is -0.470. The van der Waals surface area contributed by atoms with Gasteiger partial charge >= 0.3 is 0 Å². The molecule has 3 atom stereocenters. The van der Waals surface area contributed by atoms with Crippen molar-refractivity contribution in [2.75, 3.05) is 12.8 Å². The number of rotatable bonds is 8. The first-order chi connectivity index (χ1) is 8.72. The molecule has 1 aromatic carbocycles. The van der Waals surface area contributed by atoms with Crippen molar-refractivity contribution in [1.82, 2.24) is 5.32 Å². The fraction of sp³-hybridized carbons (Fsp3) is 0.625. The maximum absolute atomic E-state index is 3.49. The molecule has 102 valence electrons. The second kappa shape index (κ2) is 8.60. The SMILES string of the molecule is CCC(C)CSC(CC)C(NC)c1ccccc1. The molecule has 0 saturated carbocycles. The Kier molecular flexibility index (Phi) is 7.45. The third-order valence-corrected chi connectivity index (χ3v) is 5.33. The van der Waals surface area contributed by atoms with Crippen LogP contribution in [0.3, 0.4) is 0 Å². The van der Waals surface area contributed by atoms with Crippen LogP contribution in [-0.4, -0.2) is 18.1 Å². The fourth-order valence-electron chi connectivity index (χ4n) is 2.08. The number of benzene rings is 1. The van der Waals surface area contributed by atoms with Gasteiger partial charge in [-0.2, -0.15) is 11.8 Å². The van der Waals surface area contributed by atoms with E-state index < -0.39 is 0 Å². The fourth-order valence-corrected chi connectivity index (χ4v) is 3.62. The average molecular weight is 265 g/mol. The monoisotopic (exact) mass is 265 g/mol. The van der Waals surface area contributed by atoms with Gasteiger partial charge in [0.2, 0.25) is 0 Å². The van der Waals surface area contributed by atoms with Crippen LogP contribution in [0, 0.1) is 5.92 Å². The van der Waals surface area contributed by atoms with E-state index in [2.05, 4.69) is 75.2 Å². The van der Waals surface area contributed by atoms with Gasteiger partial charge in [0.05, 0.1) is 0 Å². The molecule has 18 heavy (non-hydrogen) atoms. The molecule has 0 aliphatic carbocycles. The molecule has 1 N–H and O–H groups in total. The molecule has 2 heteroatoms. The molecule has 0 heterocycles. The lowest BCUT2D eigenvalue weighted by Crippen LogP contribution is -2.27. The van der Waals surface area contributed by atoms with Crippen molar-refractivity contribution < 1.29 is 0 Å². The van der Waals surface area contributed by atoms with Crippen molar-refractivity contribution in [3.63, 3.8) is 0 Å². The van der Waals surface area contributed by atoms with Crippen molar-refractivity contribution in [3.8, 4) is 0 Å². The van der Waals surface area contributed by atoms with Gasteiger partial charge in [-0.3, -0.25) is 0 Å². The summed E-state index contributed by atoms with van der Waals surface area (Å²) in [6.07, 6.45) is 2.49. The van der Waals surface area contributed by atoms with E-state index >= 15 is 0 Å². The van der Waals surface area contributed by atoms with E-state index in [1.807, 2.05) is 0 Å². The van der Waals surface area contributed by atoms with Crippen molar-refractivity contribution in [2.45, 2.75) is 44.9 Å². The molecule has 1 rings (SSSR count). The van der Waals surface area contributed by atoms with E-state index in [4.69, 9.17) is 0 Å². The predicted octanol–water partition coefficient (Wildman–Crippen LogP) is 4.51. The van der Waals surface area contributed by atoms with Crippen LogP contribution < -0.4 is 5.32 Å². The lowest BCUT2D eigenvalue weighted by atomic mass is 10.0. The molecule has 0 aromatic heterocycles. The highest BCUT2D eigenvalue weighted by atomic mass is 32.2. The zero-order chi connectivity index (χ0) is 13.4. The summed E-state index contributed by atoms with van der Waals surface area (Å²) in [7, 11) is 2.07. The van der Waals surface area contributed by atoms with Crippen molar-refractivity contribution in [3.05, 3.63) is 35.9 Å². The van der Waals surface area contributed by atoms with E-state index in [9.17, 15) is 0 Å². The number of nitrogens with one attached hydrogen (secondary N) is 1. The van der Waals surface area contributed by atoms with Crippen LogP contribution in [0.4, 0.5) is 0 Å². The maximum atomic E-state index is 3.49. The zero-order valence-corrected chi connectivity index (χ0v) is 13.0. The predicted molar refractivity (Wildman–Crippen MR) is 84.2 cm³/mol. The van der Waals surface area contributed by atoms with Gasteiger partial charge in [-0.25, -0.2) is 0 Å². The summed E-state index contributed by atoms with van der Waals surface area (Å²) in [5, 5.41) is 4.15. The largest absolute Gasteiger partial charge is 0.312 e. The minimum atomic E-state index is 0.463. The van der Waals surface area contributed by atoms with Gasteiger partial charge in [-0.15, -0.1) is 0 Å². The molecule has 0 saturated heterocycles. The van der Waals surface area contributed by atoms with E-state index in [0.717, 1.165) is 5.92 Å². The molecule has 0 spiro atoms. The molecule has 1 aromatic rings. The first-order valence-corrected chi connectivity index (χ1v) is 8.11. The third-order valence-electron chi connectivity index (χ3n) is 3.54. The van der Waals surface area contributed by atoms with Crippen LogP contribution >= 0.6 is 11.8 Å². The Morgan fingerprint density at radius 2 is 1.78 bits per heavy atom. The van der Waals surface area contributed by atoms with Crippen LogP contribution in [0.1, 0.15) is 45.2 Å². The standard InChI is InChI=1S/C16H27NS/c1-5-13(3)12-18-15(6-2)16(17-4)14-10-8-7-9-11-14/h7-11,13,15-17H,5-6,12H2,1-4H3. The zero-order valence-electron chi connectivity index (χ0n) is 12.1. The number of hydrogen-bond donors (Lipinski definition) is 1. The third kappa shape index (κ3) is 4.66. The lowest BCUT2D eigenvalue weighted by Gasteiger charge is -2.27. The molecular weight excluding hydrogens is 238 g/mol. The molecule has 0 amide bonds. The van der Waals surface area contributed by atoms with Crippen LogP contribution in [0.2, 0.25) is 0 Å². The van der Waals surface area contributed by atoms with Crippen LogP contribution in [-0.2, 0) is 0 Å². The highest BCUT2D eigenvalue weighted by Crippen LogP contribution is 2.30. The summed E-state index contributed by atoms with van der Waals surface area (Å²) in [5.74, 6) is 2.08. The van der Waals surface area contributed by atoms with Crippen LogP contribution in [0.5, 0.6) is 0 Å². The average Bonchev–Trinajstić information content (AvgIpc) is 2.43. The van der Waals surface area contributed by atoms with Gasteiger partial charge in [0, 0.05) is 11.3 Å². The Morgan fingerprint density at radius 3 is 2.28 bits per heavy atom. The van der Waals surface area contributed by atoms with Crippen molar-refractivity contribution >= 4 is 11.8 Å². The lowest BCUT2D eigenvalue weighted by molar-refractivity contribution is 0.552. The van der Waals surface area contributed by atoms with Gasteiger partial charge < -0.3 is 5.32 Å². The van der Waals surface area contributed by atoms with Gasteiger partial charge in [-0.1, -0.05) is 57.5 Å². The molecule has 0 aliphatic heterocycles. The smallest absolute Gasteiger partial charge is 0.0438 e. The van der Waals surface area contributed by atoms with Crippen molar-refractivity contribution in [1.29, 1.82) is 0 Å². The molecular formula is C16H27NS. The van der Waals surface area contributed by atoms with Crippen molar-refractivity contribution in [2.24, 2.45) is 5.92 Å². The first kappa shape index (κ1) is 15.6. The normalized spacial score (nSPS) is 16.2. The molecule has 1 nitrogen and oxygen atoms in total. The Labute approximate surface area is 117 Å². The number of hydrogen-bond acceptors (Lipinski definition) is 2. The molecule has 0 aliphatic rings. The Bertz CT molecular complexity index is 312. The highest BCUT2D eigenvalue weighted by Gasteiger charge is 2.20. The summed E-state index contributed by atoms with van der Waals surface area (Å²) >= 11 is 2.12. The second-order valence-electron chi connectivity index (χ2n) is 4.97. The van der Waals surface area contributed by atoms with Gasteiger partial charge in [-0.05, 0) is 30.7 Å². The Balaban J connectivity index is 2.66. The molecule has 0 radical (unpaired) electrons. The van der Waals surface area contributed by atoms with Crippen LogP contribution in [0.25, 0.3) is 0 Å². The number of thioether (sulfide) groups is 1. The molecule has 3 unspecified atom stereocenters. The quantitative estimate of drug-likeness (QED) is 0.742. The summed E-state index contributed by atoms with van der Waals surface area (Å²) in [6.45, 7) is 6.91. The topological polar surface area (TPSA) is 12.0 Å². The van der Waals surface area contributed by atoms with E-state index in [-0.39, 0.29) is 0 Å². The summed E-state index contributed by atoms with van der Waals surface area (Å²) < 4.78 is 0. The Morgan fingerprint density at radius 1 is 1.11 bits per heavy atom. The van der Waals surface area contributed by atoms with Gasteiger partial charge in [0.1, 0.15) is 0 Å². The highest BCUT2D eigenvalue weighted by molar-refractivity contribution is 7.99. The van der Waals surface area contributed by atoms with E-state index in [1.54, 1.807) is 0 Å². The minimum absolute atomic E-state index is 0.463. The minimum Gasteiger partial charge on any atom is -0.312 e. The van der Waals surface area contributed by atoms with Gasteiger partial charge in [0.25, 0.3) is 0 Å². The summed E-state index contributed by atoms with van der Waals surface area (Å²) in [6, 6.07) is 11.3. The summed E-state index contributed by atoms with van der Waals surface area (Å²) in [5.41, 5.74) is 1.41.